The summed E-state index contributed by atoms with van der Waals surface area (Å²) in [5, 5.41) is 3.31. The molecule has 0 unspecified atom stereocenters. The van der Waals surface area contributed by atoms with Gasteiger partial charge < -0.3 is 10.3 Å². The third-order valence-corrected chi connectivity index (χ3v) is 5.92. The maximum absolute atomic E-state index is 12.2. The van der Waals surface area contributed by atoms with Gasteiger partial charge in [0.05, 0.1) is 12.9 Å². The molecule has 0 aliphatic rings. The highest BCUT2D eigenvalue weighted by molar-refractivity contribution is 7.91. The number of H-pyrrole nitrogens is 1. The maximum Gasteiger partial charge on any atom is 0.250 e. The number of aromatic nitrogens is 2. The minimum atomic E-state index is -3.45. The minimum absolute atomic E-state index is 0.216. The third-order valence-electron chi connectivity index (χ3n) is 2.88. The topological polar surface area (TPSA) is 86.9 Å². The van der Waals surface area contributed by atoms with E-state index in [4.69, 9.17) is 0 Å². The molecule has 0 amide bonds. The number of sulfonamides is 1. The van der Waals surface area contributed by atoms with Crippen LogP contribution in [0.25, 0.3) is 0 Å². The first-order valence-corrected chi connectivity index (χ1v) is 9.18. The Morgan fingerprint density at radius 3 is 2.90 bits per heavy atom. The van der Waals surface area contributed by atoms with E-state index in [2.05, 4.69) is 26.9 Å². The lowest BCUT2D eigenvalue weighted by Crippen LogP contribution is -2.22. The van der Waals surface area contributed by atoms with Crippen molar-refractivity contribution >= 4 is 21.4 Å². The van der Waals surface area contributed by atoms with E-state index in [1.54, 1.807) is 12.3 Å². The number of aromatic amines is 1. The quantitative estimate of drug-likeness (QED) is 0.609. The molecule has 0 atom stereocenters. The van der Waals surface area contributed by atoms with E-state index in [1.807, 2.05) is 6.07 Å². The fourth-order valence-electron chi connectivity index (χ4n) is 1.78. The zero-order valence-corrected chi connectivity index (χ0v) is 13.6. The van der Waals surface area contributed by atoms with Gasteiger partial charge in [0.15, 0.2) is 0 Å². The SMILES string of the molecule is CCCNCCc1ccc(S(=O)(=O)NCc2cnc[nH]2)s1. The summed E-state index contributed by atoms with van der Waals surface area (Å²) in [7, 11) is -3.45. The number of thiophene rings is 1. The summed E-state index contributed by atoms with van der Waals surface area (Å²) >= 11 is 1.32. The number of nitrogens with zero attached hydrogens (tertiary/aromatic N) is 1. The highest BCUT2D eigenvalue weighted by atomic mass is 32.2. The Balaban J connectivity index is 1.89. The molecule has 0 saturated heterocycles. The lowest BCUT2D eigenvalue weighted by molar-refractivity contribution is 0.582. The zero-order chi connectivity index (χ0) is 15.1. The number of nitrogens with one attached hydrogen (secondary N) is 3. The van der Waals surface area contributed by atoms with Crippen molar-refractivity contribution in [1.29, 1.82) is 0 Å². The van der Waals surface area contributed by atoms with Gasteiger partial charge in [-0.15, -0.1) is 11.3 Å². The minimum Gasteiger partial charge on any atom is -0.347 e. The summed E-state index contributed by atoms with van der Waals surface area (Å²) in [6, 6.07) is 3.54. The second kappa shape index (κ2) is 7.69. The largest absolute Gasteiger partial charge is 0.347 e. The van der Waals surface area contributed by atoms with E-state index in [9.17, 15) is 8.42 Å². The summed E-state index contributed by atoms with van der Waals surface area (Å²) < 4.78 is 27.3. The molecule has 116 valence electrons. The van der Waals surface area contributed by atoms with Crippen LogP contribution in [-0.4, -0.2) is 31.5 Å². The molecule has 6 nitrogen and oxygen atoms in total. The van der Waals surface area contributed by atoms with Gasteiger partial charge in [-0.25, -0.2) is 18.1 Å². The monoisotopic (exact) mass is 328 g/mol. The molecule has 0 aliphatic carbocycles. The van der Waals surface area contributed by atoms with Gasteiger partial charge in [-0.05, 0) is 38.1 Å². The van der Waals surface area contributed by atoms with Crippen LogP contribution in [0.1, 0.15) is 23.9 Å². The molecule has 2 rings (SSSR count). The number of hydrogen-bond acceptors (Lipinski definition) is 5. The highest BCUT2D eigenvalue weighted by Gasteiger charge is 2.16. The Morgan fingerprint density at radius 2 is 2.19 bits per heavy atom. The zero-order valence-electron chi connectivity index (χ0n) is 11.9. The van der Waals surface area contributed by atoms with Crippen LogP contribution in [0.2, 0.25) is 0 Å². The molecule has 21 heavy (non-hydrogen) atoms. The highest BCUT2D eigenvalue weighted by Crippen LogP contribution is 2.21. The van der Waals surface area contributed by atoms with E-state index in [1.165, 1.54) is 17.7 Å². The molecular weight excluding hydrogens is 308 g/mol. The van der Waals surface area contributed by atoms with Gasteiger partial charge in [-0.1, -0.05) is 6.92 Å². The van der Waals surface area contributed by atoms with Crippen molar-refractivity contribution in [3.8, 4) is 0 Å². The predicted molar refractivity (Wildman–Crippen MR) is 83.8 cm³/mol. The van der Waals surface area contributed by atoms with Crippen LogP contribution in [0.3, 0.4) is 0 Å². The second-order valence-corrected chi connectivity index (χ2v) is 7.78. The van der Waals surface area contributed by atoms with Crippen LogP contribution >= 0.6 is 11.3 Å². The molecule has 0 spiro atoms. The lowest BCUT2D eigenvalue weighted by atomic mass is 10.3. The average Bonchev–Trinajstić information content (AvgIpc) is 3.13. The van der Waals surface area contributed by atoms with Crippen molar-refractivity contribution < 1.29 is 8.42 Å². The number of hydrogen-bond donors (Lipinski definition) is 3. The van der Waals surface area contributed by atoms with Crippen LogP contribution < -0.4 is 10.0 Å². The van der Waals surface area contributed by atoms with E-state index in [0.717, 1.165) is 36.5 Å². The average molecular weight is 328 g/mol. The van der Waals surface area contributed by atoms with E-state index in [-0.39, 0.29) is 6.54 Å². The molecule has 0 radical (unpaired) electrons. The molecule has 3 N–H and O–H groups in total. The standard InChI is InChI=1S/C13H20N4O2S2/c1-2-6-14-7-5-12-3-4-13(20-12)21(18,19)17-9-11-8-15-10-16-11/h3-4,8,10,14,17H,2,5-7,9H2,1H3,(H,15,16). The summed E-state index contributed by atoms with van der Waals surface area (Å²) in [4.78, 5) is 7.79. The molecule has 2 aromatic heterocycles. The molecule has 2 heterocycles. The normalized spacial score (nSPS) is 11.9. The Labute approximate surface area is 129 Å². The molecule has 0 fully saturated rings. The van der Waals surface area contributed by atoms with Gasteiger partial charge in [0.1, 0.15) is 4.21 Å². The molecule has 0 aromatic carbocycles. The van der Waals surface area contributed by atoms with Crippen molar-refractivity contribution in [2.45, 2.75) is 30.5 Å². The van der Waals surface area contributed by atoms with Gasteiger partial charge in [0, 0.05) is 16.8 Å². The van der Waals surface area contributed by atoms with Crippen LogP contribution in [-0.2, 0) is 23.0 Å². The summed E-state index contributed by atoms with van der Waals surface area (Å²) in [5.41, 5.74) is 0.735. The first-order chi connectivity index (χ1) is 10.1. The van der Waals surface area contributed by atoms with E-state index < -0.39 is 10.0 Å². The van der Waals surface area contributed by atoms with Gasteiger partial charge >= 0.3 is 0 Å². The molecule has 0 aliphatic heterocycles. The molecule has 0 saturated carbocycles. The summed E-state index contributed by atoms with van der Waals surface area (Å²) in [6.07, 6.45) is 5.07. The predicted octanol–water partition coefficient (Wildman–Crippen LogP) is 1.49. The second-order valence-electron chi connectivity index (χ2n) is 4.62. The smallest absolute Gasteiger partial charge is 0.250 e. The van der Waals surface area contributed by atoms with Crippen molar-refractivity contribution in [2.24, 2.45) is 0 Å². The molecule has 2 aromatic rings. The lowest BCUT2D eigenvalue weighted by Gasteiger charge is -2.03. The van der Waals surface area contributed by atoms with Crippen molar-refractivity contribution in [3.63, 3.8) is 0 Å². The number of imidazole rings is 1. The fraction of sp³-hybridized carbons (Fsp3) is 0.462. The van der Waals surface area contributed by atoms with E-state index in [0.29, 0.717) is 4.21 Å². The van der Waals surface area contributed by atoms with Gasteiger partial charge in [0.25, 0.3) is 0 Å². The van der Waals surface area contributed by atoms with Crippen LogP contribution in [0.15, 0.2) is 28.9 Å². The number of rotatable bonds is 9. The Kier molecular flexibility index (Phi) is 5.92. The molecular formula is C13H20N4O2S2. The Bertz CT molecular complexity index is 635. The van der Waals surface area contributed by atoms with Crippen molar-refractivity contribution in [3.05, 3.63) is 35.2 Å². The fourth-order valence-corrected chi connectivity index (χ4v) is 4.18. The summed E-state index contributed by atoms with van der Waals surface area (Å²) in [6.45, 7) is 4.19. The molecule has 0 bridgehead atoms. The first-order valence-electron chi connectivity index (χ1n) is 6.88. The third kappa shape index (κ3) is 4.92. The first kappa shape index (κ1) is 16.2. The van der Waals surface area contributed by atoms with Crippen LogP contribution in [0.5, 0.6) is 0 Å². The van der Waals surface area contributed by atoms with E-state index >= 15 is 0 Å². The van der Waals surface area contributed by atoms with Gasteiger partial charge in [-0.3, -0.25) is 0 Å². The Hall–Kier alpha value is -1.22. The van der Waals surface area contributed by atoms with Crippen molar-refractivity contribution in [1.82, 2.24) is 20.0 Å². The summed E-state index contributed by atoms with van der Waals surface area (Å²) in [5.74, 6) is 0. The maximum atomic E-state index is 12.2. The van der Waals surface area contributed by atoms with Crippen LogP contribution in [0.4, 0.5) is 0 Å². The van der Waals surface area contributed by atoms with Crippen molar-refractivity contribution in [2.75, 3.05) is 13.1 Å². The van der Waals surface area contributed by atoms with Gasteiger partial charge in [0.2, 0.25) is 10.0 Å². The molecule has 8 heteroatoms. The van der Waals surface area contributed by atoms with Gasteiger partial charge in [-0.2, -0.15) is 0 Å². The van der Waals surface area contributed by atoms with Crippen LogP contribution in [0, 0.1) is 0 Å². The Morgan fingerprint density at radius 1 is 1.33 bits per heavy atom.